The molecule has 3 rings (SSSR count). The molecule has 0 saturated heterocycles. The Balaban J connectivity index is 1.83. The summed E-state index contributed by atoms with van der Waals surface area (Å²) in [5, 5.41) is 6.39. The molecule has 0 atom stereocenters. The number of halogens is 1. The Labute approximate surface area is 123 Å². The van der Waals surface area contributed by atoms with Crippen LogP contribution in [0.25, 0.3) is 10.8 Å². The van der Waals surface area contributed by atoms with E-state index in [2.05, 4.69) is 52.8 Å². The Kier molecular flexibility index (Phi) is 3.57. The summed E-state index contributed by atoms with van der Waals surface area (Å²) in [6.45, 7) is 2.76. The Hall–Kier alpha value is -2.06. The molecule has 0 aliphatic rings. The molecule has 3 aromatic rings. The number of pyridine rings is 1. The largest absolute Gasteiger partial charge is 0.378 e. The van der Waals surface area contributed by atoms with Crippen molar-refractivity contribution in [2.24, 2.45) is 0 Å². The molecule has 0 amide bonds. The van der Waals surface area contributed by atoms with Crippen molar-refractivity contribution in [3.05, 3.63) is 71.0 Å². The average molecular weight is 283 g/mol. The highest BCUT2D eigenvalue weighted by Crippen LogP contribution is 2.24. The molecule has 0 unspecified atom stereocenters. The van der Waals surface area contributed by atoms with Gasteiger partial charge in [0, 0.05) is 12.7 Å². The van der Waals surface area contributed by atoms with Crippen molar-refractivity contribution in [3.8, 4) is 0 Å². The van der Waals surface area contributed by atoms with Crippen LogP contribution in [0.3, 0.4) is 0 Å². The number of anilines is 1. The predicted molar refractivity (Wildman–Crippen MR) is 85.3 cm³/mol. The van der Waals surface area contributed by atoms with Crippen molar-refractivity contribution in [3.63, 3.8) is 0 Å². The minimum absolute atomic E-state index is 0.519. The van der Waals surface area contributed by atoms with Gasteiger partial charge in [-0.05, 0) is 41.0 Å². The summed E-state index contributed by atoms with van der Waals surface area (Å²) in [5.41, 5.74) is 3.23. The second kappa shape index (κ2) is 5.51. The SMILES string of the molecule is Cc1ccnc(Cl)c1NCc1ccc2ccccc2c1. The first-order valence-corrected chi connectivity index (χ1v) is 6.94. The Morgan fingerprint density at radius 2 is 1.85 bits per heavy atom. The molecule has 0 aliphatic carbocycles. The third-order valence-corrected chi connectivity index (χ3v) is 3.68. The molecule has 0 fully saturated rings. The van der Waals surface area contributed by atoms with Gasteiger partial charge in [0.15, 0.2) is 5.15 Å². The van der Waals surface area contributed by atoms with E-state index in [1.807, 2.05) is 13.0 Å². The van der Waals surface area contributed by atoms with E-state index in [0.717, 1.165) is 17.8 Å². The molecular formula is C17H15ClN2. The highest BCUT2D eigenvalue weighted by molar-refractivity contribution is 6.32. The first-order chi connectivity index (χ1) is 9.74. The van der Waals surface area contributed by atoms with Crippen molar-refractivity contribution < 1.29 is 0 Å². The molecule has 0 bridgehead atoms. The first-order valence-electron chi connectivity index (χ1n) is 6.57. The number of nitrogens with zero attached hydrogens (tertiary/aromatic N) is 1. The summed E-state index contributed by atoms with van der Waals surface area (Å²) in [4.78, 5) is 4.11. The Morgan fingerprint density at radius 1 is 1.05 bits per heavy atom. The van der Waals surface area contributed by atoms with Gasteiger partial charge in [0.2, 0.25) is 0 Å². The number of benzene rings is 2. The molecule has 2 nitrogen and oxygen atoms in total. The maximum Gasteiger partial charge on any atom is 0.152 e. The molecule has 0 radical (unpaired) electrons. The number of rotatable bonds is 3. The predicted octanol–water partition coefficient (Wildman–Crippen LogP) is 4.81. The number of hydrogen-bond acceptors (Lipinski definition) is 2. The maximum atomic E-state index is 6.12. The lowest BCUT2D eigenvalue weighted by Crippen LogP contribution is -2.02. The van der Waals surface area contributed by atoms with Crippen LogP contribution >= 0.6 is 11.6 Å². The average Bonchev–Trinajstić information content (AvgIpc) is 2.46. The van der Waals surface area contributed by atoms with Crippen molar-refractivity contribution in [2.75, 3.05) is 5.32 Å². The number of aromatic nitrogens is 1. The zero-order valence-electron chi connectivity index (χ0n) is 11.2. The van der Waals surface area contributed by atoms with Gasteiger partial charge in [-0.25, -0.2) is 4.98 Å². The topological polar surface area (TPSA) is 24.9 Å². The highest BCUT2D eigenvalue weighted by Gasteiger charge is 2.04. The van der Waals surface area contributed by atoms with Gasteiger partial charge in [-0.15, -0.1) is 0 Å². The van der Waals surface area contributed by atoms with E-state index in [9.17, 15) is 0 Å². The van der Waals surface area contributed by atoms with E-state index in [1.165, 1.54) is 16.3 Å². The lowest BCUT2D eigenvalue weighted by atomic mass is 10.1. The molecule has 0 saturated carbocycles. The van der Waals surface area contributed by atoms with Gasteiger partial charge in [-0.1, -0.05) is 48.0 Å². The summed E-state index contributed by atoms with van der Waals surface area (Å²) in [6, 6.07) is 16.8. The molecule has 1 aromatic heterocycles. The lowest BCUT2D eigenvalue weighted by Gasteiger charge is -2.11. The first kappa shape index (κ1) is 12.9. The van der Waals surface area contributed by atoms with Crippen LogP contribution in [-0.4, -0.2) is 4.98 Å². The fourth-order valence-corrected chi connectivity index (χ4v) is 2.55. The van der Waals surface area contributed by atoms with Crippen molar-refractivity contribution in [2.45, 2.75) is 13.5 Å². The monoisotopic (exact) mass is 282 g/mol. The van der Waals surface area contributed by atoms with E-state index in [1.54, 1.807) is 6.20 Å². The van der Waals surface area contributed by atoms with E-state index in [4.69, 9.17) is 11.6 Å². The van der Waals surface area contributed by atoms with Crippen molar-refractivity contribution in [1.29, 1.82) is 0 Å². The smallest absolute Gasteiger partial charge is 0.152 e. The molecule has 100 valence electrons. The number of hydrogen-bond donors (Lipinski definition) is 1. The molecule has 20 heavy (non-hydrogen) atoms. The minimum Gasteiger partial charge on any atom is -0.378 e. The summed E-state index contributed by atoms with van der Waals surface area (Å²) in [5.74, 6) is 0. The third kappa shape index (κ3) is 2.61. The third-order valence-electron chi connectivity index (χ3n) is 3.40. The Morgan fingerprint density at radius 3 is 2.65 bits per heavy atom. The van der Waals surface area contributed by atoms with Crippen molar-refractivity contribution in [1.82, 2.24) is 4.98 Å². The van der Waals surface area contributed by atoms with E-state index >= 15 is 0 Å². The molecule has 0 spiro atoms. The summed E-state index contributed by atoms with van der Waals surface area (Å²) < 4.78 is 0. The zero-order valence-corrected chi connectivity index (χ0v) is 12.0. The normalized spacial score (nSPS) is 10.7. The van der Waals surface area contributed by atoms with E-state index in [-0.39, 0.29) is 0 Å². The second-order valence-electron chi connectivity index (χ2n) is 4.83. The summed E-state index contributed by atoms with van der Waals surface area (Å²) in [6.07, 6.45) is 1.72. The van der Waals surface area contributed by atoms with Crippen molar-refractivity contribution >= 4 is 28.1 Å². The van der Waals surface area contributed by atoms with Gasteiger partial charge in [0.25, 0.3) is 0 Å². The maximum absolute atomic E-state index is 6.12. The van der Waals surface area contributed by atoms with Crippen LogP contribution in [0.1, 0.15) is 11.1 Å². The fraction of sp³-hybridized carbons (Fsp3) is 0.118. The van der Waals surface area contributed by atoms with Gasteiger partial charge in [-0.3, -0.25) is 0 Å². The van der Waals surface area contributed by atoms with Gasteiger partial charge in [0.05, 0.1) is 5.69 Å². The van der Waals surface area contributed by atoms with Gasteiger partial charge in [0.1, 0.15) is 0 Å². The highest BCUT2D eigenvalue weighted by atomic mass is 35.5. The molecular weight excluding hydrogens is 268 g/mol. The lowest BCUT2D eigenvalue weighted by molar-refractivity contribution is 1.13. The molecule has 3 heteroatoms. The molecule has 0 aliphatic heterocycles. The van der Waals surface area contributed by atoms with E-state index < -0.39 is 0 Å². The molecule has 1 heterocycles. The summed E-state index contributed by atoms with van der Waals surface area (Å²) in [7, 11) is 0. The zero-order chi connectivity index (χ0) is 13.9. The minimum atomic E-state index is 0.519. The number of nitrogens with one attached hydrogen (secondary N) is 1. The second-order valence-corrected chi connectivity index (χ2v) is 5.19. The van der Waals surface area contributed by atoms with E-state index in [0.29, 0.717) is 5.15 Å². The molecule has 1 N–H and O–H groups in total. The standard InChI is InChI=1S/C17H15ClN2/c1-12-8-9-19-17(18)16(12)20-11-13-6-7-14-4-2-3-5-15(14)10-13/h2-10,20H,11H2,1H3. The summed E-state index contributed by atoms with van der Waals surface area (Å²) >= 11 is 6.12. The number of fused-ring (bicyclic) bond motifs is 1. The van der Waals surface area contributed by atoms with Crippen LogP contribution < -0.4 is 5.32 Å². The molecule has 2 aromatic carbocycles. The van der Waals surface area contributed by atoms with Crippen LogP contribution in [-0.2, 0) is 6.54 Å². The van der Waals surface area contributed by atoms with Crippen LogP contribution in [0.5, 0.6) is 0 Å². The van der Waals surface area contributed by atoms with Crippen LogP contribution in [0.2, 0.25) is 5.15 Å². The van der Waals surface area contributed by atoms with Crippen LogP contribution in [0.15, 0.2) is 54.7 Å². The fourth-order valence-electron chi connectivity index (χ4n) is 2.28. The van der Waals surface area contributed by atoms with Gasteiger partial charge >= 0.3 is 0 Å². The van der Waals surface area contributed by atoms with Crippen LogP contribution in [0.4, 0.5) is 5.69 Å². The van der Waals surface area contributed by atoms with Gasteiger partial charge in [-0.2, -0.15) is 0 Å². The van der Waals surface area contributed by atoms with Gasteiger partial charge < -0.3 is 5.32 Å². The van der Waals surface area contributed by atoms with Crippen LogP contribution in [0, 0.1) is 6.92 Å². The quantitative estimate of drug-likeness (QED) is 0.698. The Bertz CT molecular complexity index is 733. The number of aryl methyl sites for hydroxylation is 1.